The molecule has 1 heterocycles. The summed E-state index contributed by atoms with van der Waals surface area (Å²) in [5, 5.41) is 22.2. The molecule has 4 aromatic rings. The van der Waals surface area contributed by atoms with Crippen molar-refractivity contribution < 1.29 is 28.7 Å². The first-order chi connectivity index (χ1) is 18.0. The minimum absolute atomic E-state index is 0.0551. The molecule has 0 fully saturated rings. The summed E-state index contributed by atoms with van der Waals surface area (Å²) < 4.78 is 17.6. The predicted octanol–water partition coefficient (Wildman–Crippen LogP) is 3.33. The fraction of sp³-hybridized carbons (Fsp3) is 0.154. The lowest BCUT2D eigenvalue weighted by Crippen LogP contribution is -2.34. The molecule has 0 saturated heterocycles. The molecule has 0 saturated carbocycles. The number of amides is 1. The number of thioether (sulfide) groups is 1. The van der Waals surface area contributed by atoms with Gasteiger partial charge in [0.1, 0.15) is 17.2 Å². The highest BCUT2D eigenvalue weighted by atomic mass is 32.2. The topological polar surface area (TPSA) is 122 Å². The number of aromatic nitrogens is 3. The van der Waals surface area contributed by atoms with Crippen LogP contribution in [0.2, 0.25) is 0 Å². The van der Waals surface area contributed by atoms with Crippen molar-refractivity contribution in [3.63, 3.8) is 0 Å². The van der Waals surface area contributed by atoms with Gasteiger partial charge in [0.2, 0.25) is 0 Å². The molecule has 10 nitrogen and oxygen atoms in total. The molecule has 11 heteroatoms. The lowest BCUT2D eigenvalue weighted by molar-refractivity contribution is -0.625. The van der Waals surface area contributed by atoms with Crippen LogP contribution in [0, 0.1) is 0 Å². The van der Waals surface area contributed by atoms with E-state index in [-0.39, 0.29) is 17.4 Å². The number of carbonyl (C=O) groups excluding carboxylic acids is 1. The predicted molar refractivity (Wildman–Crippen MR) is 140 cm³/mol. The number of hydrogen-bond donors (Lipinski definition) is 3. The fourth-order valence-electron chi connectivity index (χ4n) is 3.45. The van der Waals surface area contributed by atoms with E-state index in [1.807, 2.05) is 53.1 Å². The molecule has 0 bridgehead atoms. The molecule has 3 N–H and O–H groups in total. The van der Waals surface area contributed by atoms with Crippen molar-refractivity contribution in [3.8, 4) is 40.1 Å². The van der Waals surface area contributed by atoms with Gasteiger partial charge in [0.05, 0.1) is 44.0 Å². The van der Waals surface area contributed by atoms with Crippen molar-refractivity contribution in [2.75, 3.05) is 27.1 Å². The minimum atomic E-state index is -0.334. The third-order valence-electron chi connectivity index (χ3n) is 5.34. The number of H-pyrrole nitrogens is 1. The first-order valence-electron chi connectivity index (χ1n) is 11.1. The Labute approximate surface area is 217 Å². The molecule has 4 rings (SSSR count). The monoisotopic (exact) mass is 520 g/mol. The fourth-order valence-corrected chi connectivity index (χ4v) is 4.21. The molecule has 37 heavy (non-hydrogen) atoms. The van der Waals surface area contributed by atoms with Crippen LogP contribution in [0.25, 0.3) is 17.1 Å². The number of aromatic hydroxyl groups is 1. The van der Waals surface area contributed by atoms with Gasteiger partial charge in [-0.25, -0.2) is 5.43 Å². The smallest absolute Gasteiger partial charge is 0.342 e. The quantitative estimate of drug-likeness (QED) is 0.127. The Balaban J connectivity index is 1.52. The number of hydrazone groups is 1. The van der Waals surface area contributed by atoms with Crippen LogP contribution in [0.5, 0.6) is 23.0 Å². The molecule has 0 aliphatic heterocycles. The molecule has 0 aliphatic carbocycles. The molecule has 0 radical (unpaired) electrons. The third-order valence-corrected chi connectivity index (χ3v) is 6.28. The Kier molecular flexibility index (Phi) is 8.26. The molecule has 1 amide bonds. The van der Waals surface area contributed by atoms with E-state index in [9.17, 15) is 9.90 Å². The van der Waals surface area contributed by atoms with Crippen molar-refractivity contribution in [2.24, 2.45) is 5.10 Å². The molecule has 190 valence electrons. The van der Waals surface area contributed by atoms with Crippen LogP contribution in [0.15, 0.2) is 77.0 Å². The average molecular weight is 521 g/mol. The second kappa shape index (κ2) is 12.0. The number of phenols is 1. The van der Waals surface area contributed by atoms with Crippen molar-refractivity contribution in [1.82, 2.24) is 15.6 Å². The highest BCUT2D eigenvalue weighted by Crippen LogP contribution is 2.28. The second-order valence-corrected chi connectivity index (χ2v) is 8.54. The van der Waals surface area contributed by atoms with E-state index in [2.05, 4.69) is 20.7 Å². The van der Waals surface area contributed by atoms with Gasteiger partial charge in [-0.15, -0.1) is 5.10 Å². The van der Waals surface area contributed by atoms with Crippen molar-refractivity contribution in [2.45, 2.75) is 5.16 Å². The van der Waals surface area contributed by atoms with Crippen LogP contribution < -0.4 is 24.2 Å². The van der Waals surface area contributed by atoms with Crippen LogP contribution >= 0.6 is 11.8 Å². The zero-order chi connectivity index (χ0) is 26.2. The summed E-state index contributed by atoms with van der Waals surface area (Å²) in [7, 11) is 4.69. The third kappa shape index (κ3) is 6.01. The summed E-state index contributed by atoms with van der Waals surface area (Å²) in [6.45, 7) is 0. The highest BCUT2D eigenvalue weighted by Gasteiger charge is 2.24. The van der Waals surface area contributed by atoms with Gasteiger partial charge >= 0.3 is 5.16 Å². The maximum absolute atomic E-state index is 12.5. The number of rotatable bonds is 10. The maximum Gasteiger partial charge on any atom is 0.342 e. The summed E-state index contributed by atoms with van der Waals surface area (Å²) in [4.78, 5) is 12.5. The molecular weight excluding hydrogens is 494 g/mol. The number of nitrogens with zero attached hydrogens (tertiary/aromatic N) is 3. The van der Waals surface area contributed by atoms with Crippen molar-refractivity contribution in [3.05, 3.63) is 72.3 Å². The maximum atomic E-state index is 12.5. The number of methoxy groups -OCH3 is 3. The summed E-state index contributed by atoms with van der Waals surface area (Å²) in [6, 6.07) is 20.1. The zero-order valence-corrected chi connectivity index (χ0v) is 21.3. The molecule has 3 aromatic carbocycles. The van der Waals surface area contributed by atoms with Gasteiger partial charge in [-0.3, -0.25) is 4.79 Å². The Morgan fingerprint density at radius 3 is 2.35 bits per heavy atom. The number of benzene rings is 3. The Morgan fingerprint density at radius 2 is 1.70 bits per heavy atom. The first-order valence-corrected chi connectivity index (χ1v) is 12.1. The summed E-state index contributed by atoms with van der Waals surface area (Å²) >= 11 is 1.25. The molecular formula is C26H26N5O5S+. The average Bonchev–Trinajstić information content (AvgIpc) is 3.37. The van der Waals surface area contributed by atoms with Crippen molar-refractivity contribution >= 4 is 23.9 Å². The number of phenolic OH excluding ortho intramolecular Hbond substituents is 1. The molecule has 0 aliphatic rings. The lowest BCUT2D eigenvalue weighted by atomic mass is 10.2. The normalized spacial score (nSPS) is 10.9. The van der Waals surface area contributed by atoms with E-state index in [0.29, 0.717) is 16.5 Å². The highest BCUT2D eigenvalue weighted by molar-refractivity contribution is 7.99. The molecule has 0 spiro atoms. The van der Waals surface area contributed by atoms with Gasteiger partial charge in [-0.1, -0.05) is 6.07 Å². The standard InChI is InChI=1S/C26H25N5O5S/c1-34-20-11-7-17(8-12-20)25-29-30-26(31(25)19-9-13-21(35-2)14-10-19)37-16-23(32)28-27-15-18-5-4-6-22(36-3)24(18)33/h4-15H,16H2,1-3H3,(H2,27,28,32,33)/p+1. The number of hydrogen-bond acceptors (Lipinski definition) is 8. The summed E-state index contributed by atoms with van der Waals surface area (Å²) in [5.41, 5.74) is 4.62. The van der Waals surface area contributed by atoms with Gasteiger partial charge in [-0.2, -0.15) is 9.67 Å². The van der Waals surface area contributed by atoms with Crippen LogP contribution in [0.4, 0.5) is 0 Å². The van der Waals surface area contributed by atoms with E-state index >= 15 is 0 Å². The van der Waals surface area contributed by atoms with E-state index in [1.165, 1.54) is 25.1 Å². The van der Waals surface area contributed by atoms with Crippen LogP contribution in [0.1, 0.15) is 5.56 Å². The van der Waals surface area contributed by atoms with Crippen LogP contribution in [0.3, 0.4) is 0 Å². The lowest BCUT2D eigenvalue weighted by Gasteiger charge is -2.06. The number of nitrogens with one attached hydrogen (secondary N) is 2. The first kappa shape index (κ1) is 25.6. The van der Waals surface area contributed by atoms with Crippen molar-refractivity contribution in [1.29, 1.82) is 0 Å². The van der Waals surface area contributed by atoms with Gasteiger partial charge < -0.3 is 19.3 Å². The van der Waals surface area contributed by atoms with E-state index < -0.39 is 0 Å². The second-order valence-electron chi connectivity index (χ2n) is 7.60. The van der Waals surface area contributed by atoms with Gasteiger partial charge in [0.25, 0.3) is 11.7 Å². The summed E-state index contributed by atoms with van der Waals surface area (Å²) in [6.07, 6.45) is 1.36. The SMILES string of the molecule is COc1ccc(-c2[nH]nc(SCC(=O)N/N=C/c3cccc(OC)c3O)[n+]2-c2ccc(OC)cc2)cc1. The minimum Gasteiger partial charge on any atom is -0.504 e. The molecule has 0 atom stereocenters. The number of para-hydroxylation sites is 1. The van der Waals surface area contributed by atoms with Crippen LogP contribution in [-0.4, -0.2) is 54.5 Å². The van der Waals surface area contributed by atoms with Gasteiger partial charge in [0, 0.05) is 5.56 Å². The Morgan fingerprint density at radius 1 is 1.03 bits per heavy atom. The molecule has 1 aromatic heterocycles. The van der Waals surface area contributed by atoms with Gasteiger partial charge in [-0.05, 0) is 72.4 Å². The number of carbonyl (C=O) groups is 1. The van der Waals surface area contributed by atoms with Gasteiger partial charge in [0.15, 0.2) is 11.5 Å². The van der Waals surface area contributed by atoms with E-state index in [0.717, 1.165) is 28.6 Å². The molecule has 0 unspecified atom stereocenters. The van der Waals surface area contributed by atoms with E-state index in [4.69, 9.17) is 14.2 Å². The van der Waals surface area contributed by atoms with Crippen LogP contribution in [-0.2, 0) is 4.79 Å². The Hall–Kier alpha value is -4.51. The summed E-state index contributed by atoms with van der Waals surface area (Å²) in [5.74, 6) is 2.20. The zero-order valence-electron chi connectivity index (χ0n) is 20.5. The number of ether oxygens (including phenoxy) is 3. The van der Waals surface area contributed by atoms with E-state index in [1.54, 1.807) is 32.4 Å². The largest absolute Gasteiger partial charge is 0.504 e. The Bertz CT molecular complexity index is 1390. The number of aromatic amines is 1.